The average molecular weight is 372 g/mol. The smallest absolute Gasteiger partial charge is 0.0346 e. The quantitative estimate of drug-likeness (QED) is 0.296. The first-order valence-electron chi connectivity index (χ1n) is 11.4. The van der Waals surface area contributed by atoms with E-state index < -0.39 is 0 Å². The largest absolute Gasteiger partial charge is 0.367 e. The van der Waals surface area contributed by atoms with Crippen LogP contribution in [0.3, 0.4) is 0 Å². The van der Waals surface area contributed by atoms with Crippen molar-refractivity contribution in [3.63, 3.8) is 0 Å². The predicted molar refractivity (Wildman–Crippen MR) is 123 cm³/mol. The Hall–Kier alpha value is -1.24. The summed E-state index contributed by atoms with van der Waals surface area (Å²) in [6.07, 6.45) is 17.9. The van der Waals surface area contributed by atoms with Gasteiger partial charge in [-0.1, -0.05) is 95.5 Å². The van der Waals surface area contributed by atoms with E-state index in [0.29, 0.717) is 0 Å². The maximum atomic E-state index is 2.66. The van der Waals surface area contributed by atoms with Crippen LogP contribution in [0.2, 0.25) is 0 Å². The molecular formula is C26H45N. The van der Waals surface area contributed by atoms with Crippen LogP contribution < -0.4 is 0 Å². The van der Waals surface area contributed by atoms with Crippen LogP contribution in [0.1, 0.15) is 111 Å². The molecule has 0 radical (unpaired) electrons. The Labute approximate surface area is 170 Å². The summed E-state index contributed by atoms with van der Waals surface area (Å²) in [5.41, 5.74) is 1.63. The number of hydrogen-bond acceptors (Lipinski definition) is 1. The van der Waals surface area contributed by atoms with Crippen LogP contribution in [0.4, 0.5) is 0 Å². The van der Waals surface area contributed by atoms with Crippen LogP contribution in [0.25, 0.3) is 6.08 Å². The van der Waals surface area contributed by atoms with Crippen molar-refractivity contribution in [2.75, 3.05) is 0 Å². The third-order valence-electron chi connectivity index (χ3n) is 5.80. The third kappa shape index (κ3) is 9.00. The fourth-order valence-electron chi connectivity index (χ4n) is 4.16. The maximum absolute atomic E-state index is 2.66. The van der Waals surface area contributed by atoms with Gasteiger partial charge in [-0.25, -0.2) is 0 Å². The molecule has 0 atom stereocenters. The van der Waals surface area contributed by atoms with Crippen molar-refractivity contribution in [2.24, 2.45) is 0 Å². The number of hydrogen-bond donors (Lipinski definition) is 0. The Morgan fingerprint density at radius 2 is 1.19 bits per heavy atom. The van der Waals surface area contributed by atoms with Crippen LogP contribution in [-0.2, 0) is 0 Å². The Morgan fingerprint density at radius 1 is 0.704 bits per heavy atom. The Kier molecular flexibility index (Phi) is 10.8. The molecule has 0 saturated heterocycles. The fourth-order valence-corrected chi connectivity index (χ4v) is 4.16. The lowest BCUT2D eigenvalue weighted by Gasteiger charge is -2.49. The zero-order chi connectivity index (χ0) is 20.2. The maximum Gasteiger partial charge on any atom is 0.0346 e. The summed E-state index contributed by atoms with van der Waals surface area (Å²) in [7, 11) is 0. The van der Waals surface area contributed by atoms with Gasteiger partial charge in [-0.15, -0.1) is 0 Å². The van der Waals surface area contributed by atoms with Crippen molar-refractivity contribution < 1.29 is 0 Å². The van der Waals surface area contributed by atoms with Crippen LogP contribution in [0.15, 0.2) is 36.5 Å². The summed E-state index contributed by atoms with van der Waals surface area (Å²) in [4.78, 5) is 2.66. The molecule has 0 aliphatic heterocycles. The van der Waals surface area contributed by atoms with E-state index in [2.05, 4.69) is 89.1 Å². The summed E-state index contributed by atoms with van der Waals surface area (Å²) in [6.45, 7) is 14.3. The molecule has 27 heavy (non-hydrogen) atoms. The standard InChI is InChI=1S/C26H45N/c1-7-9-11-16-21-25(3,4)27(23-20-24-18-14-13-15-19-24)26(5,6)22-17-12-10-8-2/h13-15,18-20,23H,7-12,16-17,21-22H2,1-6H3/b23-20+. The molecule has 1 heteroatoms. The van der Waals surface area contributed by atoms with Crippen molar-refractivity contribution in [3.05, 3.63) is 42.1 Å². The van der Waals surface area contributed by atoms with Crippen LogP contribution >= 0.6 is 0 Å². The minimum atomic E-state index is 0.174. The van der Waals surface area contributed by atoms with Crippen molar-refractivity contribution in [3.8, 4) is 0 Å². The second-order valence-electron chi connectivity index (χ2n) is 9.34. The highest BCUT2D eigenvalue weighted by Crippen LogP contribution is 2.34. The van der Waals surface area contributed by atoms with Gasteiger partial charge in [0.05, 0.1) is 0 Å². The second-order valence-corrected chi connectivity index (χ2v) is 9.34. The van der Waals surface area contributed by atoms with Gasteiger partial charge in [-0.3, -0.25) is 0 Å². The molecule has 0 fully saturated rings. The van der Waals surface area contributed by atoms with Gasteiger partial charge in [-0.05, 0) is 52.2 Å². The van der Waals surface area contributed by atoms with Gasteiger partial charge >= 0.3 is 0 Å². The van der Waals surface area contributed by atoms with Crippen molar-refractivity contribution in [1.29, 1.82) is 0 Å². The molecule has 0 heterocycles. The first-order chi connectivity index (χ1) is 12.8. The highest BCUT2D eigenvalue weighted by Gasteiger charge is 2.34. The molecule has 1 aromatic rings. The highest BCUT2D eigenvalue weighted by molar-refractivity contribution is 5.48. The van der Waals surface area contributed by atoms with Gasteiger partial charge < -0.3 is 4.90 Å². The second kappa shape index (κ2) is 12.3. The molecule has 1 aromatic carbocycles. The number of nitrogens with zero attached hydrogens (tertiary/aromatic N) is 1. The summed E-state index contributed by atoms with van der Waals surface area (Å²) in [5.74, 6) is 0. The molecule has 0 aliphatic rings. The van der Waals surface area contributed by atoms with Gasteiger partial charge in [0.15, 0.2) is 0 Å². The molecule has 0 saturated carbocycles. The van der Waals surface area contributed by atoms with Gasteiger partial charge in [0.25, 0.3) is 0 Å². The zero-order valence-electron chi connectivity index (χ0n) is 19.1. The topological polar surface area (TPSA) is 3.24 Å². The van der Waals surface area contributed by atoms with Gasteiger partial charge in [0.2, 0.25) is 0 Å². The number of rotatable bonds is 14. The summed E-state index contributed by atoms with van der Waals surface area (Å²) < 4.78 is 0. The third-order valence-corrected chi connectivity index (χ3v) is 5.80. The lowest BCUT2D eigenvalue weighted by atomic mass is 9.86. The normalized spacial score (nSPS) is 12.7. The highest BCUT2D eigenvalue weighted by atomic mass is 15.2. The molecule has 1 rings (SSSR count). The van der Waals surface area contributed by atoms with E-state index in [0.717, 1.165) is 0 Å². The number of unbranched alkanes of at least 4 members (excludes halogenated alkanes) is 6. The Balaban J connectivity index is 2.91. The number of benzene rings is 1. The van der Waals surface area contributed by atoms with Gasteiger partial charge in [0, 0.05) is 17.3 Å². The Bertz CT molecular complexity index is 488. The minimum Gasteiger partial charge on any atom is -0.367 e. The Morgan fingerprint density at radius 3 is 1.63 bits per heavy atom. The van der Waals surface area contributed by atoms with E-state index in [1.807, 2.05) is 0 Å². The van der Waals surface area contributed by atoms with E-state index in [4.69, 9.17) is 0 Å². The average Bonchev–Trinajstić information content (AvgIpc) is 2.63. The van der Waals surface area contributed by atoms with E-state index in [1.54, 1.807) is 0 Å². The molecule has 0 bridgehead atoms. The zero-order valence-corrected chi connectivity index (χ0v) is 19.1. The molecule has 0 spiro atoms. The SMILES string of the molecule is CCCCCCC(C)(C)N(/C=C/c1ccccc1)C(C)(C)CCCCCC. The van der Waals surface area contributed by atoms with Gasteiger partial charge in [0.1, 0.15) is 0 Å². The van der Waals surface area contributed by atoms with Crippen LogP contribution in [0.5, 0.6) is 0 Å². The van der Waals surface area contributed by atoms with Crippen LogP contribution in [0, 0.1) is 0 Å². The molecule has 0 N–H and O–H groups in total. The summed E-state index contributed by atoms with van der Waals surface area (Å²) >= 11 is 0. The lowest BCUT2D eigenvalue weighted by Crippen LogP contribution is -2.52. The monoisotopic (exact) mass is 371 g/mol. The van der Waals surface area contributed by atoms with Crippen molar-refractivity contribution >= 4 is 6.08 Å². The lowest BCUT2D eigenvalue weighted by molar-refractivity contribution is 0.0541. The van der Waals surface area contributed by atoms with Gasteiger partial charge in [-0.2, -0.15) is 0 Å². The molecule has 0 aliphatic carbocycles. The predicted octanol–water partition coefficient (Wildman–Crippen LogP) is 8.46. The van der Waals surface area contributed by atoms with E-state index in [-0.39, 0.29) is 11.1 Å². The minimum absolute atomic E-state index is 0.174. The molecule has 1 nitrogen and oxygen atoms in total. The molecule has 0 unspecified atom stereocenters. The summed E-state index contributed by atoms with van der Waals surface area (Å²) in [6, 6.07) is 10.7. The molecule has 154 valence electrons. The molecule has 0 amide bonds. The van der Waals surface area contributed by atoms with E-state index in [9.17, 15) is 0 Å². The molecular weight excluding hydrogens is 326 g/mol. The van der Waals surface area contributed by atoms with E-state index >= 15 is 0 Å². The first kappa shape index (κ1) is 23.8. The fraction of sp³-hybridized carbons (Fsp3) is 0.692. The van der Waals surface area contributed by atoms with E-state index in [1.165, 1.54) is 69.8 Å². The van der Waals surface area contributed by atoms with Crippen molar-refractivity contribution in [2.45, 2.75) is 117 Å². The molecule has 0 aromatic heterocycles. The summed E-state index contributed by atoms with van der Waals surface area (Å²) in [5, 5.41) is 0. The first-order valence-corrected chi connectivity index (χ1v) is 11.4. The van der Waals surface area contributed by atoms with Crippen molar-refractivity contribution in [1.82, 2.24) is 4.90 Å². The van der Waals surface area contributed by atoms with Crippen LogP contribution in [-0.4, -0.2) is 16.0 Å².